The molecule has 0 spiro atoms. The number of carbonyl (C=O) groups excluding carboxylic acids is 4. The summed E-state index contributed by atoms with van der Waals surface area (Å²) in [6.07, 6.45) is 7.81. The van der Waals surface area contributed by atoms with Gasteiger partial charge in [0.05, 0.1) is 29.5 Å². The summed E-state index contributed by atoms with van der Waals surface area (Å²) in [7, 11) is 0. The first-order valence-electron chi connectivity index (χ1n) is 18.5. The normalized spacial score (nSPS) is 16.8. The van der Waals surface area contributed by atoms with E-state index in [0.717, 1.165) is 81.9 Å². The smallest absolute Gasteiger partial charge is 0.249 e. The van der Waals surface area contributed by atoms with E-state index in [1.54, 1.807) is 22.2 Å². The summed E-state index contributed by atoms with van der Waals surface area (Å²) < 4.78 is 3.85. The van der Waals surface area contributed by atoms with Gasteiger partial charge in [-0.15, -0.1) is 21.5 Å². The Morgan fingerprint density at radius 2 is 1.78 bits per heavy atom. The number of aryl methyl sites for hydroxylation is 2. The van der Waals surface area contributed by atoms with Crippen LogP contribution in [0.25, 0.3) is 16.0 Å². The van der Waals surface area contributed by atoms with Crippen molar-refractivity contribution < 1.29 is 19.2 Å². The van der Waals surface area contributed by atoms with Crippen LogP contribution < -0.4 is 10.6 Å². The molecule has 0 radical (unpaired) electrons. The Morgan fingerprint density at radius 3 is 2.57 bits per heavy atom. The van der Waals surface area contributed by atoms with E-state index < -0.39 is 12.1 Å². The van der Waals surface area contributed by atoms with Gasteiger partial charge < -0.3 is 9.88 Å². The molecule has 2 aromatic carbocycles. The number of fused-ring (bicyclic) bond motifs is 4. The molecule has 2 atom stereocenters. The maximum absolute atomic E-state index is 13.3. The number of hydrogen-bond donors (Lipinski definition) is 2. The van der Waals surface area contributed by atoms with Crippen molar-refractivity contribution in [3.05, 3.63) is 92.6 Å². The highest BCUT2D eigenvalue weighted by atomic mass is 35.5. The summed E-state index contributed by atoms with van der Waals surface area (Å²) in [5.41, 5.74) is 6.34. The van der Waals surface area contributed by atoms with Crippen LogP contribution >= 0.6 is 22.9 Å². The number of Topliss-reactive ketones (excluding diaryl/α,β-unsaturated/α-hetero) is 1. The van der Waals surface area contributed by atoms with Gasteiger partial charge in [-0.05, 0) is 75.4 Å². The number of benzene rings is 2. The van der Waals surface area contributed by atoms with Crippen LogP contribution in [0.1, 0.15) is 109 Å². The maximum Gasteiger partial charge on any atom is 0.249 e. The van der Waals surface area contributed by atoms with Crippen LogP contribution in [-0.2, 0) is 25.6 Å². The first-order chi connectivity index (χ1) is 26.1. The number of rotatable bonds is 14. The number of nitrogens with one attached hydrogen (secondary N) is 2. The number of halogens is 1. The van der Waals surface area contributed by atoms with Crippen LogP contribution in [0.5, 0.6) is 0 Å². The molecule has 3 amide bonds. The molecule has 54 heavy (non-hydrogen) atoms. The van der Waals surface area contributed by atoms with Crippen molar-refractivity contribution in [1.82, 2.24) is 34.9 Å². The number of unbranched alkanes of at least 4 members (excludes halogenated alkanes) is 4. The largest absolute Gasteiger partial charge is 0.356 e. The van der Waals surface area contributed by atoms with Gasteiger partial charge >= 0.3 is 0 Å². The molecule has 280 valence electrons. The van der Waals surface area contributed by atoms with E-state index in [9.17, 15) is 19.2 Å². The van der Waals surface area contributed by atoms with Gasteiger partial charge in [-0.3, -0.25) is 34.1 Å². The Balaban J connectivity index is 0.873. The monoisotopic (exact) mass is 766 g/mol. The Bertz CT molecular complexity index is 2270. The average molecular weight is 767 g/mol. The number of ketones is 1. The van der Waals surface area contributed by atoms with Crippen LogP contribution in [0.2, 0.25) is 5.02 Å². The van der Waals surface area contributed by atoms with Crippen molar-refractivity contribution in [3.8, 4) is 5.00 Å². The molecule has 0 bridgehead atoms. The number of hydrogen-bond acceptors (Lipinski definition) is 9. The fourth-order valence-electron chi connectivity index (χ4n) is 7.28. The molecular formula is C40H43ClN8O4S. The van der Waals surface area contributed by atoms with Gasteiger partial charge in [-0.25, -0.2) is 4.98 Å². The highest BCUT2D eigenvalue weighted by Crippen LogP contribution is 2.39. The Labute approximate surface area is 322 Å². The van der Waals surface area contributed by atoms with E-state index in [-0.39, 0.29) is 36.3 Å². The topological polar surface area (TPSA) is 153 Å². The second-order valence-corrected chi connectivity index (χ2v) is 15.8. The molecule has 5 heterocycles. The van der Waals surface area contributed by atoms with Gasteiger partial charge in [0, 0.05) is 46.8 Å². The van der Waals surface area contributed by atoms with Gasteiger partial charge in [-0.2, -0.15) is 0 Å². The van der Waals surface area contributed by atoms with Gasteiger partial charge in [0.1, 0.15) is 28.7 Å². The molecule has 5 aromatic rings. The maximum atomic E-state index is 13.3. The first-order valence-corrected chi connectivity index (χ1v) is 19.7. The van der Waals surface area contributed by atoms with E-state index in [0.29, 0.717) is 36.7 Å². The van der Waals surface area contributed by atoms with Crippen molar-refractivity contribution in [1.29, 1.82) is 0 Å². The molecule has 1 saturated heterocycles. The number of aliphatic imine (C=N–C) groups is 1. The lowest BCUT2D eigenvalue weighted by Gasteiger charge is -2.22. The van der Waals surface area contributed by atoms with E-state index in [1.807, 2.05) is 54.0 Å². The van der Waals surface area contributed by atoms with Crippen molar-refractivity contribution in [2.45, 2.75) is 97.1 Å². The second-order valence-electron chi connectivity index (χ2n) is 14.1. The van der Waals surface area contributed by atoms with Gasteiger partial charge in [0.15, 0.2) is 5.82 Å². The Morgan fingerprint density at radius 1 is 1.00 bits per heavy atom. The lowest BCUT2D eigenvalue weighted by molar-refractivity contribution is -0.135. The van der Waals surface area contributed by atoms with Crippen LogP contribution in [-0.4, -0.2) is 60.1 Å². The Hall–Kier alpha value is -5.01. The number of carbonyl (C=O) groups is 4. The van der Waals surface area contributed by atoms with Gasteiger partial charge in [-0.1, -0.05) is 49.1 Å². The molecule has 2 aliphatic heterocycles. The molecule has 1 fully saturated rings. The standard InChI is InChI=1S/C40H43ClN8O4S/c1-23-24(2)54-40-36(23)37(27-11-13-28(41)14-12-27)44-31(38-47-46-25(3)49(38)40)21-35(52)42-18-8-6-4-5-7-9-29(50)19-26-10-15-30-33(20-26)48(22-43-30)32-16-17-34(51)45-39(32)53/h10-15,20,22,31-32H,4-9,16-19,21H2,1-3H3,(H,42,52)(H,45,51,53)/t31-,32?/m0/s1. The first kappa shape index (κ1) is 37.3. The van der Waals surface area contributed by atoms with Crippen molar-refractivity contribution >= 4 is 63.2 Å². The number of nitrogens with zero attached hydrogens (tertiary/aromatic N) is 6. The molecule has 14 heteroatoms. The second kappa shape index (κ2) is 16.2. The van der Waals surface area contributed by atoms with E-state index >= 15 is 0 Å². The third kappa shape index (κ3) is 7.92. The number of aromatic nitrogens is 5. The third-order valence-corrected chi connectivity index (χ3v) is 11.7. The average Bonchev–Trinajstić information content (AvgIpc) is 3.79. The van der Waals surface area contributed by atoms with Crippen molar-refractivity contribution in [2.75, 3.05) is 6.54 Å². The summed E-state index contributed by atoms with van der Waals surface area (Å²) in [5.74, 6) is 0.902. The van der Waals surface area contributed by atoms with Gasteiger partial charge in [0.25, 0.3) is 0 Å². The number of thiophene rings is 1. The summed E-state index contributed by atoms with van der Waals surface area (Å²) in [5, 5.41) is 16.0. The molecule has 12 nitrogen and oxygen atoms in total. The molecule has 7 rings (SSSR count). The predicted molar refractivity (Wildman–Crippen MR) is 208 cm³/mol. The summed E-state index contributed by atoms with van der Waals surface area (Å²) in [6, 6.07) is 12.3. The zero-order valence-corrected chi connectivity index (χ0v) is 32.2. The van der Waals surface area contributed by atoms with Crippen LogP contribution in [0.15, 0.2) is 53.8 Å². The number of imide groups is 1. The van der Waals surface area contributed by atoms with Crippen LogP contribution in [0.3, 0.4) is 0 Å². The lowest BCUT2D eigenvalue weighted by atomic mass is 9.99. The molecule has 0 saturated carbocycles. The predicted octanol–water partition coefficient (Wildman–Crippen LogP) is 6.79. The minimum absolute atomic E-state index is 0.0893. The zero-order valence-electron chi connectivity index (χ0n) is 30.7. The highest BCUT2D eigenvalue weighted by molar-refractivity contribution is 7.15. The summed E-state index contributed by atoms with van der Waals surface area (Å²) >= 11 is 7.91. The molecule has 0 aliphatic carbocycles. The minimum Gasteiger partial charge on any atom is -0.356 e. The molecule has 1 unspecified atom stereocenters. The van der Waals surface area contributed by atoms with E-state index in [2.05, 4.69) is 39.7 Å². The lowest BCUT2D eigenvalue weighted by Crippen LogP contribution is -2.41. The van der Waals surface area contributed by atoms with E-state index in [4.69, 9.17) is 16.6 Å². The van der Waals surface area contributed by atoms with Crippen molar-refractivity contribution in [3.63, 3.8) is 0 Å². The molecule has 2 aliphatic rings. The molecular weight excluding hydrogens is 724 g/mol. The Kier molecular flexibility index (Phi) is 11.2. The quantitative estimate of drug-likeness (QED) is 0.0933. The SMILES string of the molecule is Cc1sc2c(c1C)C(c1ccc(Cl)cc1)=N[C@@H](CC(=O)NCCCCCCCC(=O)Cc1ccc3ncn(C4CCC(=O)NC4=O)c3c1)c1nnc(C)n1-2. The van der Waals surface area contributed by atoms with E-state index in [1.165, 1.54) is 4.88 Å². The fourth-order valence-corrected chi connectivity index (χ4v) is 8.62. The minimum atomic E-state index is -0.511. The zero-order chi connectivity index (χ0) is 37.9. The highest BCUT2D eigenvalue weighted by Gasteiger charge is 2.33. The number of piperidine rings is 1. The molecule has 3 aromatic heterocycles. The summed E-state index contributed by atoms with van der Waals surface area (Å²) in [6.45, 7) is 6.70. The van der Waals surface area contributed by atoms with Gasteiger partial charge in [0.2, 0.25) is 17.7 Å². The molecule has 2 N–H and O–H groups in total. The number of amides is 3. The third-order valence-electron chi connectivity index (χ3n) is 10.3. The van der Waals surface area contributed by atoms with Crippen molar-refractivity contribution in [2.24, 2.45) is 4.99 Å². The summed E-state index contributed by atoms with van der Waals surface area (Å²) in [4.78, 5) is 60.9. The van der Waals surface area contributed by atoms with Crippen LogP contribution in [0, 0.1) is 20.8 Å². The number of imidazole rings is 1. The van der Waals surface area contributed by atoms with Crippen LogP contribution in [0.4, 0.5) is 0 Å². The fraction of sp³-hybridized carbons (Fsp3) is 0.400.